The highest BCUT2D eigenvalue weighted by Crippen LogP contribution is 2.45. The Morgan fingerprint density at radius 1 is 0.265 bits per heavy atom. The van der Waals surface area contributed by atoms with Crippen molar-refractivity contribution in [2.24, 2.45) is 17.8 Å². The first-order chi connectivity index (χ1) is 49.2. The number of phosphoric acid groups is 2. The lowest BCUT2D eigenvalue weighted by molar-refractivity contribution is -0.161. The number of ether oxygens (including phenoxy) is 4. The fourth-order valence-corrected chi connectivity index (χ4v) is 14.4. The van der Waals surface area contributed by atoms with Crippen LogP contribution in [0.15, 0.2) is 0 Å². The molecule has 17 nitrogen and oxygen atoms in total. The number of carbonyl (C=O) groups is 4. The number of unbranched alkanes of at least 4 members (excludes halogenated alkanes) is 49. The van der Waals surface area contributed by atoms with E-state index in [9.17, 15) is 43.2 Å². The van der Waals surface area contributed by atoms with Crippen molar-refractivity contribution in [2.75, 3.05) is 39.6 Å². The van der Waals surface area contributed by atoms with Crippen molar-refractivity contribution in [2.45, 2.75) is 452 Å². The van der Waals surface area contributed by atoms with E-state index in [0.29, 0.717) is 25.7 Å². The topological polar surface area (TPSA) is 237 Å². The van der Waals surface area contributed by atoms with Crippen LogP contribution in [0.1, 0.15) is 434 Å². The Hall–Kier alpha value is -1.94. The Morgan fingerprint density at radius 2 is 0.451 bits per heavy atom. The minimum absolute atomic E-state index is 0.106. The maximum absolute atomic E-state index is 13.1. The van der Waals surface area contributed by atoms with Gasteiger partial charge >= 0.3 is 39.5 Å². The molecule has 19 heteroatoms. The Morgan fingerprint density at radius 3 is 0.667 bits per heavy atom. The van der Waals surface area contributed by atoms with Gasteiger partial charge in [0.05, 0.1) is 26.4 Å². The molecule has 0 aromatic carbocycles. The van der Waals surface area contributed by atoms with Gasteiger partial charge in [-0.05, 0) is 43.4 Å². The summed E-state index contributed by atoms with van der Waals surface area (Å²) in [5.74, 6) is 0.205. The molecule has 0 aromatic rings. The van der Waals surface area contributed by atoms with Crippen LogP contribution in [0.4, 0.5) is 0 Å². The zero-order valence-corrected chi connectivity index (χ0v) is 68.9. The molecule has 0 aliphatic rings. The summed E-state index contributed by atoms with van der Waals surface area (Å²) in [7, 11) is -9.93. The van der Waals surface area contributed by atoms with Crippen molar-refractivity contribution in [3.05, 3.63) is 0 Å². The molecule has 0 fully saturated rings. The predicted molar refractivity (Wildman–Crippen MR) is 418 cm³/mol. The Bertz CT molecular complexity index is 1970. The second kappa shape index (κ2) is 73.2. The molecule has 0 rings (SSSR count). The van der Waals surface area contributed by atoms with Crippen LogP contribution >= 0.6 is 15.6 Å². The fraction of sp³-hybridized carbons (Fsp3) is 0.952. The summed E-state index contributed by atoms with van der Waals surface area (Å²) >= 11 is 0. The van der Waals surface area contributed by atoms with Crippen molar-refractivity contribution in [3.63, 3.8) is 0 Å². The normalized spacial score (nSPS) is 13.9. The number of esters is 4. The number of carbonyl (C=O) groups excluding carboxylic acids is 4. The molecule has 0 spiro atoms. The number of rotatable bonds is 81. The molecule has 0 amide bonds. The van der Waals surface area contributed by atoms with E-state index in [0.717, 1.165) is 108 Å². The third kappa shape index (κ3) is 76.3. The van der Waals surface area contributed by atoms with Gasteiger partial charge in [-0.15, -0.1) is 0 Å². The highest BCUT2D eigenvalue weighted by atomic mass is 31.2. The number of aliphatic hydroxyl groups is 1. The number of hydrogen-bond donors (Lipinski definition) is 3. The summed E-state index contributed by atoms with van der Waals surface area (Å²) in [6.45, 7) is 12.0. The van der Waals surface area contributed by atoms with Gasteiger partial charge in [0, 0.05) is 25.7 Å². The van der Waals surface area contributed by atoms with Crippen LogP contribution in [0.3, 0.4) is 0 Å². The highest BCUT2D eigenvalue weighted by molar-refractivity contribution is 7.47. The molecule has 2 unspecified atom stereocenters. The molecule has 0 radical (unpaired) electrons. The molecule has 0 saturated heterocycles. The third-order valence-electron chi connectivity index (χ3n) is 19.4. The lowest BCUT2D eigenvalue weighted by Gasteiger charge is -2.21. The van der Waals surface area contributed by atoms with Gasteiger partial charge in [-0.2, -0.15) is 0 Å². The van der Waals surface area contributed by atoms with Gasteiger partial charge in [-0.25, -0.2) is 9.13 Å². The van der Waals surface area contributed by atoms with Gasteiger partial charge in [-0.1, -0.05) is 382 Å². The van der Waals surface area contributed by atoms with Gasteiger partial charge in [-0.3, -0.25) is 37.3 Å². The molecule has 0 heterocycles. The second-order valence-electron chi connectivity index (χ2n) is 31.3. The monoisotopic (exact) mass is 1490 g/mol. The summed E-state index contributed by atoms with van der Waals surface area (Å²) < 4.78 is 68.8. The van der Waals surface area contributed by atoms with E-state index in [1.54, 1.807) is 0 Å². The first-order valence-corrected chi connectivity index (χ1v) is 45.8. The Balaban J connectivity index is 5.26. The first kappa shape index (κ1) is 100. The van der Waals surface area contributed by atoms with Gasteiger partial charge < -0.3 is 33.8 Å². The molecule has 0 aliphatic heterocycles. The van der Waals surface area contributed by atoms with Crippen LogP contribution in [0, 0.1) is 17.8 Å². The van der Waals surface area contributed by atoms with Crippen LogP contribution in [0.2, 0.25) is 0 Å². The molecular formula is C83H162O17P2. The molecule has 0 saturated carbocycles. The first-order valence-electron chi connectivity index (χ1n) is 42.8. The molecule has 5 atom stereocenters. The fourth-order valence-electron chi connectivity index (χ4n) is 12.8. The van der Waals surface area contributed by atoms with Gasteiger partial charge in [0.15, 0.2) is 12.2 Å². The van der Waals surface area contributed by atoms with E-state index in [1.165, 1.54) is 244 Å². The minimum Gasteiger partial charge on any atom is -0.462 e. The zero-order valence-electron chi connectivity index (χ0n) is 67.1. The van der Waals surface area contributed by atoms with E-state index >= 15 is 0 Å². The van der Waals surface area contributed by atoms with Crippen LogP contribution in [-0.2, 0) is 65.4 Å². The second-order valence-corrected chi connectivity index (χ2v) is 34.2. The lowest BCUT2D eigenvalue weighted by Crippen LogP contribution is -2.30. The van der Waals surface area contributed by atoms with Crippen LogP contribution in [-0.4, -0.2) is 96.7 Å². The minimum atomic E-state index is -4.96. The molecule has 0 aromatic heterocycles. The molecule has 0 aliphatic carbocycles. The summed E-state index contributed by atoms with van der Waals surface area (Å²) in [4.78, 5) is 73.1. The third-order valence-corrected chi connectivity index (χ3v) is 21.3. The quantitative estimate of drug-likeness (QED) is 0.0222. The summed E-state index contributed by atoms with van der Waals surface area (Å²) in [5.41, 5.74) is 0. The van der Waals surface area contributed by atoms with E-state index in [1.807, 2.05) is 0 Å². The van der Waals surface area contributed by atoms with Crippen molar-refractivity contribution < 1.29 is 80.2 Å². The van der Waals surface area contributed by atoms with Crippen molar-refractivity contribution in [1.29, 1.82) is 0 Å². The zero-order chi connectivity index (χ0) is 75.1. The van der Waals surface area contributed by atoms with Crippen LogP contribution < -0.4 is 0 Å². The Labute approximate surface area is 626 Å². The molecule has 0 bridgehead atoms. The van der Waals surface area contributed by atoms with Crippen LogP contribution in [0.25, 0.3) is 0 Å². The Kier molecular flexibility index (Phi) is 71.8. The van der Waals surface area contributed by atoms with Crippen LogP contribution in [0.5, 0.6) is 0 Å². The molecule has 3 N–H and O–H groups in total. The summed E-state index contributed by atoms with van der Waals surface area (Å²) in [5, 5.41) is 10.7. The SMILES string of the molecule is CCCCCCCCCCCCCCCCCCCCC(=O)OC[C@H](COP(=O)(O)OC[C@@H](O)COP(=O)(O)OC[C@@H](COC(=O)CCCCCCCCCCCCC(C)C)OC(=O)CCCCCCCCCCCCC(C)C)OC(=O)CCCCCCCCCCCCCCCCCC(C)C. The lowest BCUT2D eigenvalue weighted by atomic mass is 10.0. The van der Waals surface area contributed by atoms with Crippen molar-refractivity contribution in [1.82, 2.24) is 0 Å². The predicted octanol–water partition coefficient (Wildman–Crippen LogP) is 24.9. The van der Waals surface area contributed by atoms with Crippen molar-refractivity contribution in [3.8, 4) is 0 Å². The number of phosphoric ester groups is 2. The molecular weight excluding hydrogens is 1330 g/mol. The maximum Gasteiger partial charge on any atom is 0.472 e. The summed E-state index contributed by atoms with van der Waals surface area (Å²) in [6.07, 6.45) is 62.4. The maximum atomic E-state index is 13.1. The smallest absolute Gasteiger partial charge is 0.462 e. The number of hydrogen-bond acceptors (Lipinski definition) is 15. The summed E-state index contributed by atoms with van der Waals surface area (Å²) in [6, 6.07) is 0. The van der Waals surface area contributed by atoms with Gasteiger partial charge in [0.2, 0.25) is 0 Å². The van der Waals surface area contributed by atoms with E-state index in [-0.39, 0.29) is 25.7 Å². The average molecular weight is 1490 g/mol. The van der Waals surface area contributed by atoms with E-state index in [4.69, 9.17) is 37.0 Å². The molecule has 102 heavy (non-hydrogen) atoms. The largest absolute Gasteiger partial charge is 0.472 e. The highest BCUT2D eigenvalue weighted by Gasteiger charge is 2.30. The van der Waals surface area contributed by atoms with Gasteiger partial charge in [0.1, 0.15) is 19.3 Å². The number of aliphatic hydroxyl groups excluding tert-OH is 1. The van der Waals surface area contributed by atoms with Gasteiger partial charge in [0.25, 0.3) is 0 Å². The molecule has 606 valence electrons. The van der Waals surface area contributed by atoms with Crippen molar-refractivity contribution >= 4 is 39.5 Å². The van der Waals surface area contributed by atoms with E-state index < -0.39 is 97.5 Å². The van der Waals surface area contributed by atoms with E-state index in [2.05, 4.69) is 48.5 Å². The standard InChI is InChI=1S/C83H162O17P2/c1-8-9-10-11-12-13-14-15-16-17-18-21-24-27-36-43-50-57-64-80(85)93-70-78(99-82(87)66-59-52-45-38-28-25-22-19-20-23-26-33-40-47-54-61-74(2)3)72-97-101(89,90)95-68-77(84)69-96-102(91,92)98-73-79(100-83(88)67-60-53-46-39-32-30-35-42-49-56-63-76(6)7)71-94-81(86)65-58-51-44-37-31-29-34-41-48-55-62-75(4)5/h74-79,84H,8-73H2,1-7H3,(H,89,90)(H,91,92)/t77-,78-,79-/m1/s1. The average Bonchev–Trinajstić information content (AvgIpc) is 0.964.